The van der Waals surface area contributed by atoms with Gasteiger partial charge in [0.15, 0.2) is 0 Å². The molecule has 0 spiro atoms. The Labute approximate surface area is 110 Å². The average Bonchev–Trinajstić information content (AvgIpc) is 2.20. The lowest BCUT2D eigenvalue weighted by Gasteiger charge is -2.12. The number of nitrogens with one attached hydrogen (secondary N) is 1. The molecule has 0 saturated heterocycles. The molecule has 1 atom stereocenters. The van der Waals surface area contributed by atoms with Crippen LogP contribution in [0.5, 0.6) is 0 Å². The Bertz CT molecular complexity index is 512. The van der Waals surface area contributed by atoms with Gasteiger partial charge in [0, 0.05) is 11.0 Å². The minimum Gasteiger partial charge on any atom is -0.392 e. The third kappa shape index (κ3) is 3.77. The second-order valence-corrected chi connectivity index (χ2v) is 6.66. The third-order valence-corrected chi connectivity index (χ3v) is 4.73. The van der Waals surface area contributed by atoms with Crippen LogP contribution in [0.3, 0.4) is 0 Å². The van der Waals surface area contributed by atoms with Gasteiger partial charge in [0.1, 0.15) is 0 Å². The van der Waals surface area contributed by atoms with Crippen LogP contribution in [-0.2, 0) is 10.0 Å². The Morgan fingerprint density at radius 3 is 2.47 bits per heavy atom. The van der Waals surface area contributed by atoms with E-state index in [9.17, 15) is 8.42 Å². The molecule has 0 aliphatic heterocycles. The second-order valence-electron chi connectivity index (χ2n) is 4.07. The van der Waals surface area contributed by atoms with Crippen LogP contribution < -0.4 is 4.72 Å². The van der Waals surface area contributed by atoms with Gasteiger partial charge in [-0.25, -0.2) is 13.1 Å². The number of aliphatic hydroxyl groups is 1. The molecule has 1 aromatic rings. The fourth-order valence-electron chi connectivity index (χ4n) is 1.41. The van der Waals surface area contributed by atoms with Gasteiger partial charge in [-0.3, -0.25) is 0 Å². The van der Waals surface area contributed by atoms with E-state index in [0.717, 1.165) is 10.0 Å². The molecule has 1 aromatic carbocycles. The van der Waals surface area contributed by atoms with E-state index >= 15 is 0 Å². The molecular weight excluding hydrogens is 306 g/mol. The number of halogens is 1. The highest BCUT2D eigenvalue weighted by Gasteiger charge is 2.18. The van der Waals surface area contributed by atoms with Gasteiger partial charge in [0.05, 0.1) is 11.0 Å². The quantitative estimate of drug-likeness (QED) is 0.887. The zero-order valence-electron chi connectivity index (χ0n) is 9.99. The van der Waals surface area contributed by atoms with Crippen molar-refractivity contribution in [2.75, 3.05) is 6.54 Å². The topological polar surface area (TPSA) is 66.4 Å². The fourth-order valence-corrected chi connectivity index (χ4v) is 3.27. The molecule has 0 heterocycles. The summed E-state index contributed by atoms with van der Waals surface area (Å²) in [5.74, 6) is 0. The SMILES string of the molecule is Cc1cc(C)c(S(=O)(=O)NCC(C)O)cc1Br. The van der Waals surface area contributed by atoms with Crippen molar-refractivity contribution in [2.45, 2.75) is 31.8 Å². The van der Waals surface area contributed by atoms with Gasteiger partial charge in [-0.05, 0) is 38.0 Å². The van der Waals surface area contributed by atoms with Crippen molar-refractivity contribution in [3.05, 3.63) is 27.7 Å². The first kappa shape index (κ1) is 14.6. The van der Waals surface area contributed by atoms with Gasteiger partial charge in [-0.15, -0.1) is 0 Å². The number of aliphatic hydroxyl groups excluding tert-OH is 1. The van der Waals surface area contributed by atoms with E-state index in [4.69, 9.17) is 5.11 Å². The first-order valence-electron chi connectivity index (χ1n) is 5.18. The van der Waals surface area contributed by atoms with Crippen LogP contribution in [-0.4, -0.2) is 26.2 Å². The van der Waals surface area contributed by atoms with E-state index in [0.29, 0.717) is 5.56 Å². The molecule has 0 amide bonds. The Morgan fingerprint density at radius 1 is 1.35 bits per heavy atom. The molecule has 96 valence electrons. The molecule has 0 radical (unpaired) electrons. The number of benzene rings is 1. The summed E-state index contributed by atoms with van der Waals surface area (Å²) in [5, 5.41) is 9.09. The van der Waals surface area contributed by atoms with Gasteiger partial charge in [-0.2, -0.15) is 0 Å². The molecule has 0 aromatic heterocycles. The molecule has 1 rings (SSSR count). The maximum atomic E-state index is 12.0. The lowest BCUT2D eigenvalue weighted by atomic mass is 10.2. The lowest BCUT2D eigenvalue weighted by molar-refractivity contribution is 0.198. The van der Waals surface area contributed by atoms with E-state index in [1.165, 1.54) is 6.92 Å². The molecule has 0 aliphatic carbocycles. The highest BCUT2D eigenvalue weighted by molar-refractivity contribution is 9.10. The maximum absolute atomic E-state index is 12.0. The van der Waals surface area contributed by atoms with E-state index in [-0.39, 0.29) is 11.4 Å². The van der Waals surface area contributed by atoms with Crippen LogP contribution in [0.15, 0.2) is 21.5 Å². The predicted molar refractivity (Wildman–Crippen MR) is 70.5 cm³/mol. The lowest BCUT2D eigenvalue weighted by Crippen LogP contribution is -2.31. The van der Waals surface area contributed by atoms with Crippen LogP contribution in [0, 0.1) is 13.8 Å². The Kier molecular flexibility index (Phi) is 4.71. The first-order valence-corrected chi connectivity index (χ1v) is 7.46. The standard InChI is InChI=1S/C11H16BrNO3S/c1-7-4-8(2)11(5-10(7)12)17(15,16)13-6-9(3)14/h4-5,9,13-14H,6H2,1-3H3. The molecule has 2 N–H and O–H groups in total. The summed E-state index contributed by atoms with van der Waals surface area (Å²) in [6, 6.07) is 3.38. The normalized spacial score (nSPS) is 13.7. The van der Waals surface area contributed by atoms with Crippen molar-refractivity contribution in [1.82, 2.24) is 4.72 Å². The summed E-state index contributed by atoms with van der Waals surface area (Å²) >= 11 is 3.31. The van der Waals surface area contributed by atoms with E-state index < -0.39 is 16.1 Å². The summed E-state index contributed by atoms with van der Waals surface area (Å²) in [7, 11) is -3.57. The van der Waals surface area contributed by atoms with Gasteiger partial charge in [0.2, 0.25) is 10.0 Å². The Morgan fingerprint density at radius 2 is 1.94 bits per heavy atom. The monoisotopic (exact) mass is 321 g/mol. The zero-order chi connectivity index (χ0) is 13.2. The van der Waals surface area contributed by atoms with Crippen molar-refractivity contribution in [2.24, 2.45) is 0 Å². The molecule has 17 heavy (non-hydrogen) atoms. The van der Waals surface area contributed by atoms with Crippen molar-refractivity contribution in [3.8, 4) is 0 Å². The van der Waals surface area contributed by atoms with Gasteiger partial charge in [-0.1, -0.05) is 22.0 Å². The molecule has 0 fully saturated rings. The molecule has 1 unspecified atom stereocenters. The van der Waals surface area contributed by atoms with Crippen LogP contribution in [0.25, 0.3) is 0 Å². The number of hydrogen-bond acceptors (Lipinski definition) is 3. The highest BCUT2D eigenvalue weighted by atomic mass is 79.9. The van der Waals surface area contributed by atoms with Crippen molar-refractivity contribution in [3.63, 3.8) is 0 Å². The summed E-state index contributed by atoms with van der Waals surface area (Å²) in [4.78, 5) is 0.232. The third-order valence-electron chi connectivity index (χ3n) is 2.31. The maximum Gasteiger partial charge on any atom is 0.240 e. The van der Waals surface area contributed by atoms with Crippen molar-refractivity contribution < 1.29 is 13.5 Å². The summed E-state index contributed by atoms with van der Waals surface area (Å²) in [6.07, 6.45) is -0.709. The van der Waals surface area contributed by atoms with E-state index in [1.54, 1.807) is 19.1 Å². The fraction of sp³-hybridized carbons (Fsp3) is 0.455. The van der Waals surface area contributed by atoms with Crippen LogP contribution in [0.2, 0.25) is 0 Å². The first-order chi connectivity index (χ1) is 7.74. The number of aryl methyl sites for hydroxylation is 2. The van der Waals surface area contributed by atoms with E-state index in [1.807, 2.05) is 6.92 Å². The minimum absolute atomic E-state index is 0.00721. The molecule has 0 aliphatic rings. The van der Waals surface area contributed by atoms with Gasteiger partial charge < -0.3 is 5.11 Å². The molecule has 0 saturated carbocycles. The summed E-state index contributed by atoms with van der Waals surface area (Å²) in [5.41, 5.74) is 1.67. The Balaban J connectivity index is 3.11. The highest BCUT2D eigenvalue weighted by Crippen LogP contribution is 2.24. The largest absolute Gasteiger partial charge is 0.392 e. The minimum atomic E-state index is -3.57. The molecule has 4 nitrogen and oxygen atoms in total. The number of sulfonamides is 1. The smallest absolute Gasteiger partial charge is 0.240 e. The molecule has 6 heteroatoms. The van der Waals surface area contributed by atoms with Crippen LogP contribution >= 0.6 is 15.9 Å². The zero-order valence-corrected chi connectivity index (χ0v) is 12.4. The van der Waals surface area contributed by atoms with Crippen LogP contribution in [0.4, 0.5) is 0 Å². The summed E-state index contributed by atoms with van der Waals surface area (Å²) in [6.45, 7) is 5.18. The number of rotatable bonds is 4. The predicted octanol–water partition coefficient (Wildman–Crippen LogP) is 1.73. The van der Waals surface area contributed by atoms with Crippen molar-refractivity contribution in [1.29, 1.82) is 0 Å². The molecule has 0 bridgehead atoms. The van der Waals surface area contributed by atoms with Crippen molar-refractivity contribution >= 4 is 26.0 Å². The summed E-state index contributed by atoms with van der Waals surface area (Å²) < 4.78 is 27.1. The van der Waals surface area contributed by atoms with Crippen LogP contribution in [0.1, 0.15) is 18.1 Å². The average molecular weight is 322 g/mol. The number of hydrogen-bond donors (Lipinski definition) is 2. The second kappa shape index (κ2) is 5.48. The molecular formula is C11H16BrNO3S. The van der Waals surface area contributed by atoms with Gasteiger partial charge in [0.25, 0.3) is 0 Å². The van der Waals surface area contributed by atoms with Gasteiger partial charge >= 0.3 is 0 Å². The van der Waals surface area contributed by atoms with E-state index in [2.05, 4.69) is 20.7 Å². The Hall–Kier alpha value is -0.430.